The molecule has 1 aromatic carbocycles. The third-order valence-corrected chi connectivity index (χ3v) is 5.54. The number of carbonyl (C=O) groups is 2. The topological polar surface area (TPSA) is 131 Å². The largest absolute Gasteiger partial charge is 0.469 e. The van der Waals surface area contributed by atoms with Crippen LogP contribution in [-0.2, 0) is 9.53 Å². The molecule has 0 saturated carbocycles. The van der Waals surface area contributed by atoms with Gasteiger partial charge in [0.1, 0.15) is 17.0 Å². The van der Waals surface area contributed by atoms with Crippen LogP contribution in [0.25, 0.3) is 11.2 Å². The molecule has 10 nitrogen and oxygen atoms in total. The molecule has 3 rings (SSSR count). The smallest absolute Gasteiger partial charge is 0.387 e. The first-order valence-corrected chi connectivity index (χ1v) is 12.1. The molecule has 0 aliphatic heterocycles. The lowest BCUT2D eigenvalue weighted by atomic mass is 10.0. The summed E-state index contributed by atoms with van der Waals surface area (Å²) in [4.78, 5) is 32.8. The number of halogens is 3. The molecule has 3 aromatic rings. The minimum absolute atomic E-state index is 0.00993. The van der Waals surface area contributed by atoms with Crippen LogP contribution < -0.4 is 15.4 Å². The number of hydrogen-bond acceptors (Lipinski definition) is 9. The number of methoxy groups -OCH3 is 1. The Balaban J connectivity index is 2.00. The van der Waals surface area contributed by atoms with Crippen LogP contribution >= 0.6 is 12.3 Å². The van der Waals surface area contributed by atoms with E-state index in [9.17, 15) is 22.3 Å². The minimum Gasteiger partial charge on any atom is -0.469 e. The number of alkyl halides is 2. The molecule has 2 aromatic heterocycles. The second-order valence-electron chi connectivity index (χ2n) is 9.14. The van der Waals surface area contributed by atoms with E-state index in [1.54, 1.807) is 20.8 Å². The van der Waals surface area contributed by atoms with Crippen LogP contribution in [0.15, 0.2) is 30.6 Å². The third-order valence-electron chi connectivity index (χ3n) is 5.11. The summed E-state index contributed by atoms with van der Waals surface area (Å²) in [6.45, 7) is 2.61. The van der Waals surface area contributed by atoms with E-state index in [-0.39, 0.29) is 64.2 Å². The Morgan fingerprint density at radius 1 is 1.24 bits per heavy atom. The zero-order chi connectivity index (χ0) is 28.0. The van der Waals surface area contributed by atoms with Gasteiger partial charge in [-0.1, -0.05) is 0 Å². The number of ether oxygens (including phenoxy) is 2. The van der Waals surface area contributed by atoms with E-state index in [0.29, 0.717) is 18.7 Å². The fraction of sp³-hybridized carbons (Fsp3) is 0.375. The van der Waals surface area contributed by atoms with Crippen molar-refractivity contribution in [3.8, 4) is 5.75 Å². The SMILES string of the molecule is COC(=O)CCCNc1ccc(OC(F)F)cc1C(=N)c1cnc2c(n1)c(C(=O)NC(C)(C)C)cn2SF. The quantitative estimate of drug-likeness (QED) is 0.177. The molecule has 0 unspecified atom stereocenters. The maximum Gasteiger partial charge on any atom is 0.387 e. The van der Waals surface area contributed by atoms with E-state index in [1.807, 2.05) is 0 Å². The number of aromatic nitrogens is 3. The zero-order valence-corrected chi connectivity index (χ0v) is 21.9. The number of amides is 1. The summed E-state index contributed by atoms with van der Waals surface area (Å²) in [5.74, 6) is -1.07. The lowest BCUT2D eigenvalue weighted by Crippen LogP contribution is -2.40. The average Bonchev–Trinajstić information content (AvgIpc) is 3.23. The van der Waals surface area contributed by atoms with Crippen LogP contribution in [0.2, 0.25) is 0 Å². The second kappa shape index (κ2) is 12.2. The Bertz CT molecular complexity index is 1340. The number of benzene rings is 1. The molecule has 0 bridgehead atoms. The predicted octanol–water partition coefficient (Wildman–Crippen LogP) is 4.72. The molecule has 0 saturated heterocycles. The van der Waals surface area contributed by atoms with Crippen molar-refractivity contribution in [1.82, 2.24) is 19.3 Å². The van der Waals surface area contributed by atoms with Crippen molar-refractivity contribution >= 4 is 46.8 Å². The van der Waals surface area contributed by atoms with Gasteiger partial charge in [-0.2, -0.15) is 8.78 Å². The molecule has 0 aliphatic rings. The van der Waals surface area contributed by atoms with Gasteiger partial charge in [-0.15, -0.1) is 3.89 Å². The Labute approximate surface area is 221 Å². The molecule has 3 N–H and O–H groups in total. The summed E-state index contributed by atoms with van der Waals surface area (Å²) in [5, 5.41) is 14.6. The maximum atomic E-state index is 13.5. The highest BCUT2D eigenvalue weighted by Crippen LogP contribution is 2.28. The molecule has 0 fully saturated rings. The van der Waals surface area contributed by atoms with E-state index in [4.69, 9.17) is 5.41 Å². The molecule has 204 valence electrons. The van der Waals surface area contributed by atoms with E-state index in [2.05, 4.69) is 30.1 Å². The monoisotopic (exact) mass is 552 g/mol. The highest BCUT2D eigenvalue weighted by Gasteiger charge is 2.24. The summed E-state index contributed by atoms with van der Waals surface area (Å²) in [6.07, 6.45) is 3.06. The van der Waals surface area contributed by atoms with Crippen molar-refractivity contribution in [3.63, 3.8) is 0 Å². The maximum absolute atomic E-state index is 13.5. The molecule has 0 aliphatic carbocycles. The fourth-order valence-corrected chi connectivity index (χ4v) is 3.81. The Kier molecular flexibility index (Phi) is 9.20. The molecule has 0 spiro atoms. The van der Waals surface area contributed by atoms with E-state index in [1.165, 1.54) is 37.7 Å². The fourth-order valence-electron chi connectivity index (χ4n) is 3.47. The van der Waals surface area contributed by atoms with Crippen LogP contribution in [0.1, 0.15) is 55.2 Å². The molecule has 1 amide bonds. The van der Waals surface area contributed by atoms with Gasteiger partial charge in [-0.05, 0) is 45.4 Å². The van der Waals surface area contributed by atoms with Gasteiger partial charge in [-0.25, -0.2) is 13.9 Å². The summed E-state index contributed by atoms with van der Waals surface area (Å²) in [6, 6.07) is 4.02. The Morgan fingerprint density at radius 2 is 1.97 bits per heavy atom. The first-order chi connectivity index (χ1) is 17.9. The van der Waals surface area contributed by atoms with Crippen molar-refractivity contribution in [2.75, 3.05) is 19.0 Å². The normalized spacial score (nSPS) is 11.5. The molecule has 38 heavy (non-hydrogen) atoms. The number of nitrogens with one attached hydrogen (secondary N) is 3. The number of anilines is 1. The zero-order valence-electron chi connectivity index (χ0n) is 21.1. The number of nitrogens with zero attached hydrogens (tertiary/aromatic N) is 3. The Hall–Kier alpha value is -3.81. The third kappa shape index (κ3) is 7.15. The van der Waals surface area contributed by atoms with Gasteiger partial charge >= 0.3 is 12.6 Å². The number of fused-ring (bicyclic) bond motifs is 1. The van der Waals surface area contributed by atoms with Crippen molar-refractivity contribution in [2.45, 2.75) is 45.8 Å². The Morgan fingerprint density at radius 3 is 2.61 bits per heavy atom. The molecule has 0 radical (unpaired) electrons. The number of hydrogen-bond donors (Lipinski definition) is 3. The van der Waals surface area contributed by atoms with Gasteiger partial charge in [0.05, 0.1) is 24.6 Å². The number of rotatable bonds is 11. The van der Waals surface area contributed by atoms with E-state index >= 15 is 0 Å². The van der Waals surface area contributed by atoms with Gasteiger partial charge in [-0.3, -0.25) is 15.0 Å². The van der Waals surface area contributed by atoms with Gasteiger partial charge in [0.15, 0.2) is 18.0 Å². The van der Waals surface area contributed by atoms with Crippen molar-refractivity contribution < 1.29 is 31.7 Å². The van der Waals surface area contributed by atoms with E-state index in [0.717, 1.165) is 3.97 Å². The molecule has 0 atom stereocenters. The van der Waals surface area contributed by atoms with Gasteiger partial charge < -0.3 is 20.1 Å². The molecular weight excluding hydrogens is 525 g/mol. The van der Waals surface area contributed by atoms with Crippen LogP contribution in [-0.4, -0.2) is 57.3 Å². The first-order valence-electron chi connectivity index (χ1n) is 11.4. The van der Waals surface area contributed by atoms with Crippen molar-refractivity contribution in [1.29, 1.82) is 5.41 Å². The molecule has 2 heterocycles. The van der Waals surface area contributed by atoms with Crippen LogP contribution in [0.4, 0.5) is 18.4 Å². The highest BCUT2D eigenvalue weighted by molar-refractivity contribution is 7.92. The highest BCUT2D eigenvalue weighted by atomic mass is 32.2. The van der Waals surface area contributed by atoms with Crippen molar-refractivity contribution in [3.05, 3.63) is 47.4 Å². The van der Waals surface area contributed by atoms with Gasteiger partial charge in [0, 0.05) is 36.0 Å². The number of carbonyl (C=O) groups excluding carboxylic acids is 2. The average molecular weight is 553 g/mol. The van der Waals surface area contributed by atoms with Crippen LogP contribution in [0.5, 0.6) is 5.75 Å². The summed E-state index contributed by atoms with van der Waals surface area (Å²) >= 11 is -0.160. The summed E-state index contributed by atoms with van der Waals surface area (Å²) < 4.78 is 49.4. The first kappa shape index (κ1) is 28.8. The lowest BCUT2D eigenvalue weighted by molar-refractivity contribution is -0.140. The molecular formula is C24H27F3N6O4S. The molecule has 14 heteroatoms. The van der Waals surface area contributed by atoms with Gasteiger partial charge in [0.25, 0.3) is 5.91 Å². The second-order valence-corrected chi connectivity index (χ2v) is 9.67. The number of esters is 1. The summed E-state index contributed by atoms with van der Waals surface area (Å²) in [5.41, 5.74) is -0.0333. The van der Waals surface area contributed by atoms with Crippen molar-refractivity contribution in [2.24, 2.45) is 0 Å². The van der Waals surface area contributed by atoms with Gasteiger partial charge in [0.2, 0.25) is 0 Å². The van der Waals surface area contributed by atoms with Crippen LogP contribution in [0.3, 0.4) is 0 Å². The summed E-state index contributed by atoms with van der Waals surface area (Å²) in [7, 11) is 1.29. The minimum atomic E-state index is -3.08. The standard InChI is InChI=1S/C24H27F3N6O4S/c1-24(2,3)32-22(35)15-12-33(38-27)21-20(15)31-17(11-30-21)19(28)14-10-13(37-23(25)26)7-8-16(14)29-9-5-6-18(34)36-4/h7-8,10-12,23,28-29H,5-6,9H2,1-4H3,(H,32,35). The van der Waals surface area contributed by atoms with Crippen LogP contribution in [0, 0.1) is 5.41 Å². The lowest BCUT2D eigenvalue weighted by Gasteiger charge is -2.20. The van der Waals surface area contributed by atoms with E-state index < -0.39 is 18.1 Å². The predicted molar refractivity (Wildman–Crippen MR) is 138 cm³/mol.